The second kappa shape index (κ2) is 7.80. The molecule has 0 aliphatic heterocycles. The lowest BCUT2D eigenvalue weighted by Gasteiger charge is -2.31. The topological polar surface area (TPSA) is 32.3 Å². The Morgan fingerprint density at radius 1 is 1.00 bits per heavy atom. The van der Waals surface area contributed by atoms with Gasteiger partial charge in [0.1, 0.15) is 0 Å². The third kappa shape index (κ3) is 4.32. The van der Waals surface area contributed by atoms with Crippen LogP contribution in [0.2, 0.25) is 0 Å². The molecule has 0 spiro atoms. The molecule has 1 aromatic rings. The summed E-state index contributed by atoms with van der Waals surface area (Å²) in [6, 6.07) is 9.19. The highest BCUT2D eigenvalue weighted by atomic mass is 16.3. The highest BCUT2D eigenvalue weighted by Gasteiger charge is 2.25. The molecular formula is C18H31NO. The van der Waals surface area contributed by atoms with Gasteiger partial charge in [0.2, 0.25) is 0 Å². The first-order valence-electron chi connectivity index (χ1n) is 7.92. The second-order valence-electron chi connectivity index (χ2n) is 6.29. The van der Waals surface area contributed by atoms with Crippen molar-refractivity contribution in [1.29, 1.82) is 0 Å². The van der Waals surface area contributed by atoms with Crippen molar-refractivity contribution < 1.29 is 5.11 Å². The van der Waals surface area contributed by atoms with Gasteiger partial charge in [0, 0.05) is 24.6 Å². The minimum atomic E-state index is 0.0200. The van der Waals surface area contributed by atoms with Crippen LogP contribution in [0.3, 0.4) is 0 Å². The molecular weight excluding hydrogens is 246 g/mol. The van der Waals surface area contributed by atoms with E-state index in [0.717, 1.165) is 19.4 Å². The van der Waals surface area contributed by atoms with Crippen LogP contribution in [-0.4, -0.2) is 18.3 Å². The van der Waals surface area contributed by atoms with Crippen molar-refractivity contribution in [3.05, 3.63) is 35.4 Å². The molecule has 2 N–H and O–H groups in total. The summed E-state index contributed by atoms with van der Waals surface area (Å²) >= 11 is 0. The fourth-order valence-corrected chi connectivity index (χ4v) is 2.44. The molecule has 0 aromatic heterocycles. The average molecular weight is 277 g/mol. The Hall–Kier alpha value is -0.860. The Morgan fingerprint density at radius 2 is 1.50 bits per heavy atom. The zero-order chi connectivity index (χ0) is 15.2. The quantitative estimate of drug-likeness (QED) is 0.744. The maximum Gasteiger partial charge on any atom is 0.0499 e. The lowest BCUT2D eigenvalue weighted by atomic mass is 9.83. The minimum absolute atomic E-state index is 0.0200. The van der Waals surface area contributed by atoms with Gasteiger partial charge in [-0.15, -0.1) is 0 Å². The first-order valence-corrected chi connectivity index (χ1v) is 7.92. The number of hydrogen-bond acceptors (Lipinski definition) is 2. The zero-order valence-electron chi connectivity index (χ0n) is 13.7. The van der Waals surface area contributed by atoms with Crippen molar-refractivity contribution in [3.63, 3.8) is 0 Å². The first-order chi connectivity index (χ1) is 9.48. The summed E-state index contributed by atoms with van der Waals surface area (Å²) < 4.78 is 0. The Kier molecular flexibility index (Phi) is 6.70. The van der Waals surface area contributed by atoms with Crippen LogP contribution in [0.1, 0.15) is 70.5 Å². The third-order valence-corrected chi connectivity index (χ3v) is 4.72. The van der Waals surface area contributed by atoms with Crippen molar-refractivity contribution in [2.75, 3.05) is 13.2 Å². The average Bonchev–Trinajstić information content (AvgIpc) is 2.49. The highest BCUT2D eigenvalue weighted by molar-refractivity contribution is 5.26. The predicted molar refractivity (Wildman–Crippen MR) is 87.0 cm³/mol. The van der Waals surface area contributed by atoms with Crippen molar-refractivity contribution >= 4 is 0 Å². The van der Waals surface area contributed by atoms with E-state index in [2.05, 4.69) is 64.2 Å². The second-order valence-corrected chi connectivity index (χ2v) is 6.29. The molecule has 114 valence electrons. The van der Waals surface area contributed by atoms with Crippen LogP contribution < -0.4 is 5.32 Å². The van der Waals surface area contributed by atoms with Crippen molar-refractivity contribution in [2.24, 2.45) is 5.41 Å². The van der Waals surface area contributed by atoms with Gasteiger partial charge >= 0.3 is 0 Å². The summed E-state index contributed by atoms with van der Waals surface area (Å²) in [6.07, 6.45) is 2.01. The van der Waals surface area contributed by atoms with Gasteiger partial charge in [-0.1, -0.05) is 52.0 Å². The number of aliphatic hydroxyl groups excluding tert-OH is 1. The van der Waals surface area contributed by atoms with E-state index in [-0.39, 0.29) is 12.0 Å². The molecule has 1 rings (SSSR count). The fraction of sp³-hybridized carbons (Fsp3) is 0.667. The molecule has 1 aromatic carbocycles. The molecule has 20 heavy (non-hydrogen) atoms. The summed E-state index contributed by atoms with van der Waals surface area (Å²) in [5.74, 6) is 0.578. The number of hydrogen-bond donors (Lipinski definition) is 2. The molecule has 0 aliphatic rings. The van der Waals surface area contributed by atoms with E-state index in [4.69, 9.17) is 0 Å². The van der Waals surface area contributed by atoms with Crippen molar-refractivity contribution in [2.45, 2.75) is 59.4 Å². The van der Waals surface area contributed by atoms with Crippen LogP contribution in [0.5, 0.6) is 0 Å². The third-order valence-electron chi connectivity index (χ3n) is 4.72. The summed E-state index contributed by atoms with van der Waals surface area (Å²) in [4.78, 5) is 0. The van der Waals surface area contributed by atoms with Gasteiger partial charge < -0.3 is 10.4 Å². The van der Waals surface area contributed by atoms with Crippen LogP contribution in [0.15, 0.2) is 24.3 Å². The van der Waals surface area contributed by atoms with E-state index in [1.54, 1.807) is 0 Å². The van der Waals surface area contributed by atoms with Gasteiger partial charge in [-0.25, -0.2) is 0 Å². The summed E-state index contributed by atoms with van der Waals surface area (Å²) in [7, 11) is 0. The molecule has 0 bridgehead atoms. The van der Waals surface area contributed by atoms with Gasteiger partial charge in [-0.2, -0.15) is 0 Å². The Balaban J connectivity index is 2.64. The van der Waals surface area contributed by atoms with Gasteiger partial charge in [0.25, 0.3) is 0 Å². The molecule has 0 fully saturated rings. The standard InChI is InChI=1S/C18H31NO/c1-6-18(7-2,13-20)12-19-15(5)17-10-8-16(9-11-17)14(3)4/h8-11,14-15,19-20H,6-7,12-13H2,1-5H3. The van der Waals surface area contributed by atoms with E-state index in [1.165, 1.54) is 11.1 Å². The van der Waals surface area contributed by atoms with E-state index >= 15 is 0 Å². The molecule has 1 unspecified atom stereocenters. The van der Waals surface area contributed by atoms with Crippen LogP contribution in [-0.2, 0) is 0 Å². The molecule has 0 aliphatic carbocycles. The summed E-state index contributed by atoms with van der Waals surface area (Å²) in [5.41, 5.74) is 2.72. The van der Waals surface area contributed by atoms with Gasteiger partial charge in [-0.05, 0) is 36.8 Å². The van der Waals surface area contributed by atoms with Gasteiger partial charge in [0.05, 0.1) is 0 Å². The normalized spacial score (nSPS) is 13.8. The van der Waals surface area contributed by atoms with E-state index in [0.29, 0.717) is 12.0 Å². The Morgan fingerprint density at radius 3 is 1.90 bits per heavy atom. The van der Waals surface area contributed by atoms with Gasteiger partial charge in [0.15, 0.2) is 0 Å². The maximum atomic E-state index is 9.62. The lowest BCUT2D eigenvalue weighted by molar-refractivity contribution is 0.110. The largest absolute Gasteiger partial charge is 0.396 e. The Labute approximate surface area is 124 Å². The number of nitrogens with one attached hydrogen (secondary N) is 1. The van der Waals surface area contributed by atoms with Crippen molar-refractivity contribution in [3.8, 4) is 0 Å². The molecule has 0 amide bonds. The van der Waals surface area contributed by atoms with Crippen LogP contribution in [0, 0.1) is 5.41 Å². The highest BCUT2D eigenvalue weighted by Crippen LogP contribution is 2.26. The molecule has 0 radical (unpaired) electrons. The molecule has 1 atom stereocenters. The van der Waals surface area contributed by atoms with Crippen LogP contribution >= 0.6 is 0 Å². The smallest absolute Gasteiger partial charge is 0.0499 e. The minimum Gasteiger partial charge on any atom is -0.396 e. The van der Waals surface area contributed by atoms with Crippen molar-refractivity contribution in [1.82, 2.24) is 5.32 Å². The zero-order valence-corrected chi connectivity index (χ0v) is 13.7. The molecule has 0 saturated carbocycles. The van der Waals surface area contributed by atoms with E-state index in [1.807, 2.05) is 0 Å². The fourth-order valence-electron chi connectivity index (χ4n) is 2.44. The summed E-state index contributed by atoms with van der Waals surface area (Å²) in [6.45, 7) is 12.1. The molecule has 2 nitrogen and oxygen atoms in total. The van der Waals surface area contributed by atoms with Crippen LogP contribution in [0.4, 0.5) is 0 Å². The first kappa shape index (κ1) is 17.2. The number of aliphatic hydroxyl groups is 1. The SMILES string of the molecule is CCC(CC)(CO)CNC(C)c1ccc(C(C)C)cc1. The number of benzene rings is 1. The van der Waals surface area contributed by atoms with E-state index < -0.39 is 0 Å². The predicted octanol–water partition coefficient (Wildman–Crippen LogP) is 4.26. The molecule has 2 heteroatoms. The molecule has 0 heterocycles. The monoisotopic (exact) mass is 277 g/mol. The Bertz CT molecular complexity index is 371. The number of rotatable bonds is 8. The summed E-state index contributed by atoms with van der Waals surface area (Å²) in [5, 5.41) is 13.2. The van der Waals surface area contributed by atoms with E-state index in [9.17, 15) is 5.11 Å². The van der Waals surface area contributed by atoms with Crippen LogP contribution in [0.25, 0.3) is 0 Å². The lowest BCUT2D eigenvalue weighted by Crippen LogP contribution is -2.37. The maximum absolute atomic E-state index is 9.62. The van der Waals surface area contributed by atoms with Gasteiger partial charge in [-0.3, -0.25) is 0 Å². The molecule has 0 saturated heterocycles.